The maximum Gasteiger partial charge on any atom is 0.225 e. The molecule has 5 aliphatic rings. The molecule has 164 valence electrons. The molecule has 0 N–H and O–H groups in total. The summed E-state index contributed by atoms with van der Waals surface area (Å²) in [7, 11) is 2.02. The lowest BCUT2D eigenvalue weighted by Gasteiger charge is -2.47. The zero-order valence-electron chi connectivity index (χ0n) is 19.3. The summed E-state index contributed by atoms with van der Waals surface area (Å²) in [6.45, 7) is 7.85. The van der Waals surface area contributed by atoms with Crippen LogP contribution >= 0.6 is 0 Å². The summed E-state index contributed by atoms with van der Waals surface area (Å²) in [5, 5.41) is 0. The van der Waals surface area contributed by atoms with Gasteiger partial charge in [-0.05, 0) is 80.5 Å². The molecule has 1 heterocycles. The van der Waals surface area contributed by atoms with Crippen molar-refractivity contribution >= 4 is 5.91 Å². The first-order valence-corrected chi connectivity index (χ1v) is 12.6. The van der Waals surface area contributed by atoms with Crippen molar-refractivity contribution in [3.63, 3.8) is 0 Å². The number of likely N-dealkylation sites (tertiary alicyclic amines) is 1. The Morgan fingerprint density at radius 3 is 2.47 bits per heavy atom. The minimum atomic E-state index is 0.0615. The third-order valence-corrected chi connectivity index (χ3v) is 9.28. The van der Waals surface area contributed by atoms with Crippen LogP contribution in [0.2, 0.25) is 0 Å². The van der Waals surface area contributed by atoms with E-state index in [0.717, 1.165) is 24.2 Å². The molecule has 30 heavy (non-hydrogen) atoms. The van der Waals surface area contributed by atoms with Crippen LogP contribution in [0.1, 0.15) is 82.4 Å². The van der Waals surface area contributed by atoms with E-state index in [0.29, 0.717) is 0 Å². The Hall–Kier alpha value is -1.35. The monoisotopic (exact) mass is 408 g/mol. The van der Waals surface area contributed by atoms with Crippen molar-refractivity contribution in [2.75, 3.05) is 26.7 Å². The molecule has 1 amide bonds. The average molecular weight is 409 g/mol. The van der Waals surface area contributed by atoms with Crippen molar-refractivity contribution in [2.24, 2.45) is 23.7 Å². The lowest BCUT2D eigenvalue weighted by Crippen LogP contribution is -2.46. The summed E-state index contributed by atoms with van der Waals surface area (Å²) in [5.74, 6) is 3.35. The van der Waals surface area contributed by atoms with Gasteiger partial charge in [-0.25, -0.2) is 0 Å². The number of hydrogen-bond donors (Lipinski definition) is 0. The van der Waals surface area contributed by atoms with Gasteiger partial charge in [-0.3, -0.25) is 4.79 Å². The SMILES string of the molecule is CC(C)C(=O)N(C)[C@H]1CC2(CCN(C[C@H]3CC4CCC3CC4)CC2)c2ccccc21. The number of nitrogens with zero attached hydrogens (tertiary/aromatic N) is 2. The molecule has 0 aromatic heterocycles. The Morgan fingerprint density at radius 1 is 1.13 bits per heavy atom. The zero-order valence-corrected chi connectivity index (χ0v) is 19.3. The molecular weight excluding hydrogens is 368 g/mol. The molecule has 1 saturated heterocycles. The average Bonchev–Trinajstić information content (AvgIpc) is 3.09. The number of benzene rings is 1. The van der Waals surface area contributed by atoms with Crippen molar-refractivity contribution in [3.05, 3.63) is 35.4 Å². The summed E-state index contributed by atoms with van der Waals surface area (Å²) >= 11 is 0. The summed E-state index contributed by atoms with van der Waals surface area (Å²) in [4.78, 5) is 17.6. The minimum Gasteiger partial charge on any atom is -0.338 e. The largest absolute Gasteiger partial charge is 0.338 e. The van der Waals surface area contributed by atoms with E-state index in [9.17, 15) is 4.79 Å². The normalized spacial score (nSPS) is 32.5. The van der Waals surface area contributed by atoms with Gasteiger partial charge in [0.2, 0.25) is 5.91 Å². The lowest BCUT2D eigenvalue weighted by atomic mass is 9.64. The van der Waals surface area contributed by atoms with Crippen LogP contribution in [0.25, 0.3) is 0 Å². The molecule has 1 spiro atoms. The predicted molar refractivity (Wildman–Crippen MR) is 122 cm³/mol. The van der Waals surface area contributed by atoms with E-state index in [1.807, 2.05) is 25.8 Å². The van der Waals surface area contributed by atoms with Gasteiger partial charge in [-0.1, -0.05) is 51.0 Å². The van der Waals surface area contributed by atoms with Gasteiger partial charge < -0.3 is 9.80 Å². The molecule has 6 rings (SSSR count). The van der Waals surface area contributed by atoms with Crippen LogP contribution in [-0.2, 0) is 10.2 Å². The van der Waals surface area contributed by atoms with Crippen LogP contribution in [-0.4, -0.2) is 42.4 Å². The Morgan fingerprint density at radius 2 is 1.83 bits per heavy atom. The highest BCUT2D eigenvalue weighted by atomic mass is 16.2. The van der Waals surface area contributed by atoms with Crippen LogP contribution in [0.15, 0.2) is 24.3 Å². The summed E-state index contributed by atoms with van der Waals surface area (Å²) in [6, 6.07) is 9.25. The highest BCUT2D eigenvalue weighted by molar-refractivity contribution is 5.78. The number of rotatable bonds is 4. The van der Waals surface area contributed by atoms with Gasteiger partial charge in [0.05, 0.1) is 6.04 Å². The molecule has 1 aromatic carbocycles. The molecule has 0 radical (unpaired) electrons. The van der Waals surface area contributed by atoms with Gasteiger partial charge in [0, 0.05) is 24.9 Å². The summed E-state index contributed by atoms with van der Waals surface area (Å²) in [5.41, 5.74) is 3.22. The highest BCUT2D eigenvalue weighted by Crippen LogP contribution is 2.53. The second-order valence-corrected chi connectivity index (χ2v) is 11.3. The Kier molecular flexibility index (Phi) is 5.46. The maximum atomic E-state index is 12.8. The summed E-state index contributed by atoms with van der Waals surface area (Å²) < 4.78 is 0. The quantitative estimate of drug-likeness (QED) is 0.665. The van der Waals surface area contributed by atoms with Crippen LogP contribution in [0.5, 0.6) is 0 Å². The van der Waals surface area contributed by atoms with E-state index < -0.39 is 0 Å². The smallest absolute Gasteiger partial charge is 0.225 e. The number of carbonyl (C=O) groups excluding carboxylic acids is 1. The topological polar surface area (TPSA) is 23.6 Å². The van der Waals surface area contributed by atoms with E-state index in [-0.39, 0.29) is 23.3 Å². The van der Waals surface area contributed by atoms with Crippen molar-refractivity contribution < 1.29 is 4.79 Å². The maximum absolute atomic E-state index is 12.8. The fourth-order valence-electron chi connectivity index (χ4n) is 7.48. The third-order valence-electron chi connectivity index (χ3n) is 9.28. The second kappa shape index (κ2) is 7.97. The second-order valence-electron chi connectivity index (χ2n) is 11.3. The van der Waals surface area contributed by atoms with Gasteiger partial charge in [0.1, 0.15) is 0 Å². The van der Waals surface area contributed by atoms with Gasteiger partial charge in [0.25, 0.3) is 0 Å². The van der Waals surface area contributed by atoms with E-state index >= 15 is 0 Å². The number of hydrogen-bond acceptors (Lipinski definition) is 2. The van der Waals surface area contributed by atoms with Crippen molar-refractivity contribution in [3.8, 4) is 0 Å². The molecule has 4 fully saturated rings. The highest BCUT2D eigenvalue weighted by Gasteiger charge is 2.47. The van der Waals surface area contributed by atoms with Crippen molar-refractivity contribution in [1.29, 1.82) is 0 Å². The molecular formula is C27H40N2O. The van der Waals surface area contributed by atoms with E-state index in [4.69, 9.17) is 0 Å². The molecule has 3 nitrogen and oxygen atoms in total. The Balaban J connectivity index is 1.28. The standard InChI is InChI=1S/C27H40N2O/c1-19(2)26(30)28(3)25-17-27(24-7-5-4-6-23(24)25)12-14-29(15-13-27)18-22-16-20-8-10-21(22)11-9-20/h4-7,19-22,25H,8-18H2,1-3H3/t20?,21?,22-,25+/m1/s1. The van der Waals surface area contributed by atoms with Crippen LogP contribution < -0.4 is 0 Å². The molecule has 0 unspecified atom stereocenters. The third kappa shape index (κ3) is 3.51. The fraction of sp³-hybridized carbons (Fsp3) is 0.741. The molecule has 4 aliphatic carbocycles. The molecule has 1 aliphatic heterocycles. The molecule has 3 saturated carbocycles. The first kappa shape index (κ1) is 20.5. The predicted octanol–water partition coefficient (Wildman–Crippen LogP) is 5.41. The first-order valence-electron chi connectivity index (χ1n) is 12.6. The van der Waals surface area contributed by atoms with Crippen molar-refractivity contribution in [1.82, 2.24) is 9.80 Å². The van der Waals surface area contributed by atoms with Gasteiger partial charge in [-0.15, -0.1) is 0 Å². The van der Waals surface area contributed by atoms with E-state index in [1.54, 1.807) is 0 Å². The van der Waals surface area contributed by atoms with Crippen LogP contribution in [0.3, 0.4) is 0 Å². The van der Waals surface area contributed by atoms with Gasteiger partial charge >= 0.3 is 0 Å². The zero-order chi connectivity index (χ0) is 20.9. The summed E-state index contributed by atoms with van der Waals surface area (Å²) in [6.07, 6.45) is 11.1. The van der Waals surface area contributed by atoms with Crippen LogP contribution in [0, 0.1) is 23.7 Å². The minimum absolute atomic E-state index is 0.0615. The van der Waals surface area contributed by atoms with Crippen molar-refractivity contribution in [2.45, 2.75) is 76.7 Å². The Bertz CT molecular complexity index is 771. The van der Waals surface area contributed by atoms with Gasteiger partial charge in [0.15, 0.2) is 0 Å². The lowest BCUT2D eigenvalue weighted by molar-refractivity contribution is -0.135. The molecule has 3 heteroatoms. The van der Waals surface area contributed by atoms with E-state index in [2.05, 4.69) is 29.2 Å². The number of carbonyl (C=O) groups is 1. The van der Waals surface area contributed by atoms with Gasteiger partial charge in [-0.2, -0.15) is 0 Å². The number of piperidine rings is 1. The molecule has 2 atom stereocenters. The molecule has 1 aromatic rings. The Labute approximate surface area is 183 Å². The number of fused-ring (bicyclic) bond motifs is 5. The van der Waals surface area contributed by atoms with Crippen LogP contribution in [0.4, 0.5) is 0 Å². The molecule has 2 bridgehead atoms. The number of amides is 1. The fourth-order valence-corrected chi connectivity index (χ4v) is 7.48. The first-order chi connectivity index (χ1) is 14.5. The van der Waals surface area contributed by atoms with E-state index in [1.165, 1.54) is 75.7 Å².